The summed E-state index contributed by atoms with van der Waals surface area (Å²) in [6, 6.07) is 0. The Morgan fingerprint density at radius 2 is 1.91 bits per heavy atom. The van der Waals surface area contributed by atoms with Gasteiger partial charge in [-0.15, -0.1) is 0 Å². The van der Waals surface area contributed by atoms with Crippen LogP contribution in [-0.2, 0) is 9.53 Å². The van der Waals surface area contributed by atoms with Crippen molar-refractivity contribution >= 4 is 5.97 Å². The molecule has 0 radical (unpaired) electrons. The number of carbonyl (C=O) groups is 1. The molecule has 7 heteroatoms. The van der Waals surface area contributed by atoms with Gasteiger partial charge in [0, 0.05) is 0 Å². The normalized spacial score (nSPS) is 17.3. The van der Waals surface area contributed by atoms with Crippen molar-refractivity contribution in [2.45, 2.75) is 11.9 Å². The van der Waals surface area contributed by atoms with Crippen molar-refractivity contribution in [3.8, 4) is 0 Å². The molecule has 4 nitrogen and oxygen atoms in total. The highest BCUT2D eigenvalue weighted by atomic mass is 19.4. The topological polar surface area (TPSA) is 72.5 Å². The van der Waals surface area contributed by atoms with E-state index < -0.39 is 17.9 Å². The lowest BCUT2D eigenvalue weighted by Crippen LogP contribution is -2.60. The van der Waals surface area contributed by atoms with E-state index in [1.54, 1.807) is 0 Å². The number of hydrogen-bond donors (Lipinski definition) is 2. The van der Waals surface area contributed by atoms with Crippen molar-refractivity contribution in [3.05, 3.63) is 0 Å². The van der Waals surface area contributed by atoms with Gasteiger partial charge in [-0.05, 0) is 0 Å². The zero-order valence-corrected chi connectivity index (χ0v) is 5.47. The van der Waals surface area contributed by atoms with Crippen LogP contribution in [0.5, 0.6) is 0 Å². The fraction of sp³-hybridized carbons (Fsp3) is 0.750. The van der Waals surface area contributed by atoms with Crippen molar-refractivity contribution in [3.63, 3.8) is 0 Å². The van der Waals surface area contributed by atoms with Crippen molar-refractivity contribution in [1.82, 2.24) is 0 Å². The van der Waals surface area contributed by atoms with E-state index in [1.807, 2.05) is 0 Å². The van der Waals surface area contributed by atoms with E-state index in [0.717, 1.165) is 0 Å². The minimum Gasteiger partial charge on any atom is -0.466 e. The molecule has 0 aromatic heterocycles. The maximum atomic E-state index is 11.6. The van der Waals surface area contributed by atoms with Crippen LogP contribution in [0.15, 0.2) is 0 Å². The number of rotatable bonds is 1. The molecule has 1 unspecified atom stereocenters. The second kappa shape index (κ2) is 2.67. The highest BCUT2D eigenvalue weighted by Crippen LogP contribution is 2.26. The van der Waals surface area contributed by atoms with Crippen LogP contribution in [0, 0.1) is 0 Å². The number of alkyl halides is 3. The zero-order chi connectivity index (χ0) is 9.28. The first-order valence-electron chi connectivity index (χ1n) is 2.40. The van der Waals surface area contributed by atoms with E-state index in [2.05, 4.69) is 10.5 Å². The summed E-state index contributed by atoms with van der Waals surface area (Å²) in [6.45, 7) is 0. The molecule has 0 heterocycles. The van der Waals surface area contributed by atoms with Gasteiger partial charge in [-0.3, -0.25) is 5.73 Å². The lowest BCUT2D eigenvalue weighted by Gasteiger charge is -2.22. The van der Waals surface area contributed by atoms with Crippen molar-refractivity contribution in [2.75, 3.05) is 7.11 Å². The maximum Gasteiger partial charge on any atom is 0.442 e. The molecule has 0 saturated carbocycles. The highest BCUT2D eigenvalue weighted by molar-refractivity contribution is 5.79. The Labute approximate surface area is 59.7 Å². The second-order valence-corrected chi connectivity index (χ2v) is 1.76. The number of halogens is 3. The summed E-state index contributed by atoms with van der Waals surface area (Å²) in [5.41, 5.74) is 0.289. The molecule has 66 valence electrons. The second-order valence-electron chi connectivity index (χ2n) is 1.76. The van der Waals surface area contributed by atoms with Gasteiger partial charge in [0.1, 0.15) is 0 Å². The predicted octanol–water partition coefficient (Wildman–Crippen LogP) is -0.631. The molecule has 1 atom stereocenters. The summed E-state index contributed by atoms with van der Waals surface area (Å²) in [6.07, 6.45) is -5.22. The Morgan fingerprint density at radius 3 is 2.00 bits per heavy atom. The summed E-state index contributed by atoms with van der Waals surface area (Å²) in [5.74, 6) is -1.94. The van der Waals surface area contributed by atoms with Crippen LogP contribution in [0.4, 0.5) is 13.2 Å². The van der Waals surface area contributed by atoms with E-state index >= 15 is 0 Å². The number of aliphatic hydroxyl groups is 1. The van der Waals surface area contributed by atoms with E-state index in [-0.39, 0.29) is 0 Å². The molecule has 0 aliphatic carbocycles. The number of carbonyl (C=O) groups excluding carboxylic acids is 1. The standard InChI is InChI=1S/C4H6F3NO3/c1-11-2(9)3(8,10)4(5,6)7/h10H,8H2,1H3. The Hall–Kier alpha value is -0.820. The minimum absolute atomic E-state index is 0.686. The SMILES string of the molecule is COC(=O)C(N)(O)C(F)(F)F. The molecule has 0 fully saturated rings. The molecule has 0 amide bonds. The quantitative estimate of drug-likeness (QED) is 0.409. The number of hydrogen-bond acceptors (Lipinski definition) is 4. The number of ether oxygens (including phenoxy) is 1. The summed E-state index contributed by atoms with van der Waals surface area (Å²) in [4.78, 5) is 10.2. The average molecular weight is 173 g/mol. The van der Waals surface area contributed by atoms with Crippen LogP contribution in [-0.4, -0.2) is 30.1 Å². The summed E-state index contributed by atoms with van der Waals surface area (Å²) >= 11 is 0. The smallest absolute Gasteiger partial charge is 0.442 e. The van der Waals surface area contributed by atoms with Crippen molar-refractivity contribution in [1.29, 1.82) is 0 Å². The van der Waals surface area contributed by atoms with Crippen LogP contribution >= 0.6 is 0 Å². The first-order chi connectivity index (χ1) is 4.73. The lowest BCUT2D eigenvalue weighted by atomic mass is 10.2. The fourth-order valence-electron chi connectivity index (χ4n) is 0.271. The predicted molar refractivity (Wildman–Crippen MR) is 27.2 cm³/mol. The number of esters is 1. The van der Waals surface area contributed by atoms with E-state index in [4.69, 9.17) is 5.11 Å². The van der Waals surface area contributed by atoms with E-state index in [1.165, 1.54) is 0 Å². The van der Waals surface area contributed by atoms with Crippen LogP contribution < -0.4 is 5.73 Å². The van der Waals surface area contributed by atoms with E-state index in [9.17, 15) is 18.0 Å². The first-order valence-corrected chi connectivity index (χ1v) is 2.40. The third kappa shape index (κ3) is 1.81. The maximum absolute atomic E-state index is 11.6. The lowest BCUT2D eigenvalue weighted by molar-refractivity contribution is -0.259. The Kier molecular flexibility index (Phi) is 2.47. The molecular weight excluding hydrogens is 167 g/mol. The molecule has 0 spiro atoms. The van der Waals surface area contributed by atoms with Crippen LogP contribution in [0.2, 0.25) is 0 Å². The Bertz CT molecular complexity index is 164. The van der Waals surface area contributed by atoms with Gasteiger partial charge in [-0.25, -0.2) is 4.79 Å². The van der Waals surface area contributed by atoms with Gasteiger partial charge < -0.3 is 9.84 Å². The van der Waals surface area contributed by atoms with Gasteiger partial charge in [0.2, 0.25) is 0 Å². The molecule has 11 heavy (non-hydrogen) atoms. The van der Waals surface area contributed by atoms with Gasteiger partial charge in [-0.2, -0.15) is 13.2 Å². The van der Waals surface area contributed by atoms with Crippen LogP contribution in [0.1, 0.15) is 0 Å². The van der Waals surface area contributed by atoms with Crippen LogP contribution in [0.25, 0.3) is 0 Å². The molecule has 0 saturated heterocycles. The highest BCUT2D eigenvalue weighted by Gasteiger charge is 2.58. The van der Waals surface area contributed by atoms with Gasteiger partial charge in [0.25, 0.3) is 0 Å². The van der Waals surface area contributed by atoms with Crippen LogP contribution in [0.3, 0.4) is 0 Å². The molecule has 0 rings (SSSR count). The fourth-order valence-corrected chi connectivity index (χ4v) is 0.271. The molecular formula is C4H6F3NO3. The van der Waals surface area contributed by atoms with Gasteiger partial charge in [0.05, 0.1) is 7.11 Å². The third-order valence-corrected chi connectivity index (χ3v) is 0.929. The van der Waals surface area contributed by atoms with Crippen molar-refractivity contribution in [2.24, 2.45) is 5.73 Å². The molecule has 0 bridgehead atoms. The third-order valence-electron chi connectivity index (χ3n) is 0.929. The molecule has 0 aromatic rings. The molecule has 3 N–H and O–H groups in total. The van der Waals surface area contributed by atoms with Crippen molar-refractivity contribution < 1.29 is 27.8 Å². The number of methoxy groups -OCH3 is 1. The molecule has 0 aromatic carbocycles. The van der Waals surface area contributed by atoms with E-state index in [0.29, 0.717) is 7.11 Å². The number of nitrogens with two attached hydrogens (primary N) is 1. The average Bonchev–Trinajstić information content (AvgIpc) is 1.83. The molecule has 0 aliphatic heterocycles. The largest absolute Gasteiger partial charge is 0.466 e. The summed E-state index contributed by atoms with van der Waals surface area (Å²) in [7, 11) is 0.686. The monoisotopic (exact) mass is 173 g/mol. The summed E-state index contributed by atoms with van der Waals surface area (Å²) in [5, 5.41) is 8.30. The Balaban J connectivity index is 4.59. The van der Waals surface area contributed by atoms with Gasteiger partial charge >= 0.3 is 17.9 Å². The zero-order valence-electron chi connectivity index (χ0n) is 5.47. The minimum atomic E-state index is -5.22. The first kappa shape index (κ1) is 10.2. The van der Waals surface area contributed by atoms with Gasteiger partial charge in [0.15, 0.2) is 0 Å². The Morgan fingerprint density at radius 1 is 1.55 bits per heavy atom. The molecule has 0 aliphatic rings. The van der Waals surface area contributed by atoms with Gasteiger partial charge in [-0.1, -0.05) is 0 Å². The summed E-state index contributed by atoms with van der Waals surface area (Å²) < 4.78 is 38.4.